The number of piperidine rings is 1. The fraction of sp³-hybridized carbons (Fsp3) is 0.562. The first-order valence-corrected chi connectivity index (χ1v) is 7.37. The molecule has 1 aliphatic rings. The minimum Gasteiger partial charge on any atom is -0.366 e. The van der Waals surface area contributed by atoms with E-state index in [0.29, 0.717) is 17.7 Å². The van der Waals surface area contributed by atoms with E-state index in [-0.39, 0.29) is 11.2 Å². The first-order chi connectivity index (χ1) is 9.89. The number of likely N-dealkylation sites (tertiary alicyclic amines) is 1. The van der Waals surface area contributed by atoms with Crippen LogP contribution in [-0.2, 0) is 6.54 Å². The predicted molar refractivity (Wildman–Crippen MR) is 81.5 cm³/mol. The number of nitrogens with zero attached hydrogens (tertiary/aromatic N) is 1. The minimum atomic E-state index is -0.529. The van der Waals surface area contributed by atoms with Crippen molar-refractivity contribution >= 4 is 5.91 Å². The average Bonchev–Trinajstić information content (AvgIpc) is 2.44. The molecular formula is C16H24FN3O. The Kier molecular flexibility index (Phi) is 4.96. The molecule has 1 saturated heterocycles. The van der Waals surface area contributed by atoms with Gasteiger partial charge in [0.2, 0.25) is 5.91 Å². The number of hydrogen-bond donors (Lipinski definition) is 2. The van der Waals surface area contributed by atoms with Crippen LogP contribution in [0.25, 0.3) is 0 Å². The summed E-state index contributed by atoms with van der Waals surface area (Å²) in [6, 6.07) is 4.25. The summed E-state index contributed by atoms with van der Waals surface area (Å²) < 4.78 is 13.7. The lowest BCUT2D eigenvalue weighted by Crippen LogP contribution is -2.41. The van der Waals surface area contributed by atoms with Gasteiger partial charge < -0.3 is 16.0 Å². The molecule has 1 aromatic rings. The van der Waals surface area contributed by atoms with Crippen LogP contribution in [0.1, 0.15) is 35.7 Å². The van der Waals surface area contributed by atoms with E-state index in [0.717, 1.165) is 32.5 Å². The third-order valence-corrected chi connectivity index (χ3v) is 4.39. The number of amides is 1. The van der Waals surface area contributed by atoms with E-state index in [1.54, 1.807) is 0 Å². The van der Waals surface area contributed by atoms with Crippen LogP contribution in [0.4, 0.5) is 4.39 Å². The third kappa shape index (κ3) is 4.25. The standard InChI is InChI=1S/C16H24FN3O/c1-16(5-7-20(2)8-6-16)11-19-10-13-9-12(15(18)21)3-4-14(13)17/h3-4,9,19H,5-8,10-11H2,1-2H3,(H2,18,21). The van der Waals surface area contributed by atoms with Gasteiger partial charge in [-0.25, -0.2) is 4.39 Å². The van der Waals surface area contributed by atoms with Crippen molar-refractivity contribution in [2.24, 2.45) is 11.1 Å². The highest BCUT2D eigenvalue weighted by atomic mass is 19.1. The van der Waals surface area contributed by atoms with Gasteiger partial charge in [0, 0.05) is 24.2 Å². The van der Waals surface area contributed by atoms with E-state index in [9.17, 15) is 9.18 Å². The van der Waals surface area contributed by atoms with Crippen LogP contribution in [0.15, 0.2) is 18.2 Å². The summed E-state index contributed by atoms with van der Waals surface area (Å²) in [7, 11) is 2.14. The van der Waals surface area contributed by atoms with Crippen molar-refractivity contribution in [3.8, 4) is 0 Å². The van der Waals surface area contributed by atoms with Gasteiger partial charge in [-0.3, -0.25) is 4.79 Å². The van der Waals surface area contributed by atoms with E-state index in [1.165, 1.54) is 18.2 Å². The quantitative estimate of drug-likeness (QED) is 0.869. The van der Waals surface area contributed by atoms with Crippen LogP contribution >= 0.6 is 0 Å². The Morgan fingerprint density at radius 2 is 2.10 bits per heavy atom. The molecule has 5 heteroatoms. The number of rotatable bonds is 5. The van der Waals surface area contributed by atoms with E-state index in [1.807, 2.05) is 0 Å². The smallest absolute Gasteiger partial charge is 0.248 e. The monoisotopic (exact) mass is 293 g/mol. The molecule has 1 amide bonds. The van der Waals surface area contributed by atoms with Crippen LogP contribution in [0.5, 0.6) is 0 Å². The number of carbonyl (C=O) groups excluding carboxylic acids is 1. The Labute approximate surface area is 125 Å². The highest BCUT2D eigenvalue weighted by Gasteiger charge is 2.28. The molecule has 1 heterocycles. The molecule has 0 atom stereocenters. The number of halogens is 1. The molecule has 2 rings (SSSR count). The number of nitrogens with two attached hydrogens (primary N) is 1. The second-order valence-electron chi connectivity index (χ2n) is 6.39. The van der Waals surface area contributed by atoms with Crippen LogP contribution in [0.3, 0.4) is 0 Å². The Hall–Kier alpha value is -1.46. The minimum absolute atomic E-state index is 0.254. The molecule has 0 aliphatic carbocycles. The Morgan fingerprint density at radius 3 is 2.71 bits per heavy atom. The van der Waals surface area contributed by atoms with Crippen molar-refractivity contribution in [1.82, 2.24) is 10.2 Å². The zero-order chi connectivity index (χ0) is 15.5. The van der Waals surface area contributed by atoms with Crippen molar-refractivity contribution in [2.75, 3.05) is 26.7 Å². The number of nitrogens with one attached hydrogen (secondary N) is 1. The van der Waals surface area contributed by atoms with Gasteiger partial charge in [-0.1, -0.05) is 6.92 Å². The third-order valence-electron chi connectivity index (χ3n) is 4.39. The predicted octanol–water partition coefficient (Wildman–Crippen LogP) is 1.75. The molecule has 0 radical (unpaired) electrons. The topological polar surface area (TPSA) is 58.4 Å². The van der Waals surface area contributed by atoms with Gasteiger partial charge in [0.15, 0.2) is 0 Å². The fourth-order valence-corrected chi connectivity index (χ4v) is 2.70. The zero-order valence-electron chi connectivity index (χ0n) is 12.8. The van der Waals surface area contributed by atoms with Gasteiger partial charge in [-0.05, 0) is 56.6 Å². The first kappa shape index (κ1) is 15.9. The zero-order valence-corrected chi connectivity index (χ0v) is 12.8. The first-order valence-electron chi connectivity index (χ1n) is 7.37. The van der Waals surface area contributed by atoms with Gasteiger partial charge in [0.05, 0.1) is 0 Å². The van der Waals surface area contributed by atoms with Crippen molar-refractivity contribution in [3.05, 3.63) is 35.1 Å². The lowest BCUT2D eigenvalue weighted by atomic mass is 9.80. The maximum Gasteiger partial charge on any atom is 0.248 e. The molecule has 1 aliphatic heterocycles. The molecule has 0 saturated carbocycles. The number of primary amides is 1. The van der Waals surface area contributed by atoms with Gasteiger partial charge in [0.25, 0.3) is 0 Å². The highest BCUT2D eigenvalue weighted by Crippen LogP contribution is 2.29. The maximum atomic E-state index is 13.7. The second kappa shape index (κ2) is 6.54. The molecular weight excluding hydrogens is 269 g/mol. The fourth-order valence-electron chi connectivity index (χ4n) is 2.70. The average molecular weight is 293 g/mol. The molecule has 3 N–H and O–H groups in total. The van der Waals surface area contributed by atoms with Gasteiger partial charge in [-0.15, -0.1) is 0 Å². The number of benzene rings is 1. The van der Waals surface area contributed by atoms with Crippen molar-refractivity contribution < 1.29 is 9.18 Å². The molecule has 1 aromatic carbocycles. The van der Waals surface area contributed by atoms with Crippen molar-refractivity contribution in [2.45, 2.75) is 26.3 Å². The molecule has 0 unspecified atom stereocenters. The maximum absolute atomic E-state index is 13.7. The van der Waals surface area contributed by atoms with Gasteiger partial charge in [0.1, 0.15) is 5.82 Å². The SMILES string of the molecule is CN1CCC(C)(CNCc2cc(C(N)=O)ccc2F)CC1. The van der Waals surface area contributed by atoms with E-state index < -0.39 is 5.91 Å². The lowest BCUT2D eigenvalue weighted by Gasteiger charge is -2.38. The Morgan fingerprint density at radius 1 is 1.43 bits per heavy atom. The summed E-state index contributed by atoms with van der Waals surface area (Å²) in [4.78, 5) is 13.5. The van der Waals surface area contributed by atoms with Crippen molar-refractivity contribution in [1.29, 1.82) is 0 Å². The number of hydrogen-bond acceptors (Lipinski definition) is 3. The molecule has 0 bridgehead atoms. The van der Waals surface area contributed by atoms with Gasteiger partial charge in [-0.2, -0.15) is 0 Å². The largest absolute Gasteiger partial charge is 0.366 e. The Balaban J connectivity index is 1.91. The Bertz CT molecular complexity index is 510. The summed E-state index contributed by atoms with van der Waals surface area (Å²) in [6.45, 7) is 5.73. The van der Waals surface area contributed by atoms with Crippen molar-refractivity contribution in [3.63, 3.8) is 0 Å². The van der Waals surface area contributed by atoms with E-state index >= 15 is 0 Å². The van der Waals surface area contributed by atoms with Crippen LogP contribution in [0.2, 0.25) is 0 Å². The van der Waals surface area contributed by atoms with Crippen LogP contribution in [0, 0.1) is 11.2 Å². The highest BCUT2D eigenvalue weighted by molar-refractivity contribution is 5.92. The van der Waals surface area contributed by atoms with Crippen LogP contribution < -0.4 is 11.1 Å². The van der Waals surface area contributed by atoms with E-state index in [2.05, 4.69) is 24.2 Å². The summed E-state index contributed by atoms with van der Waals surface area (Å²) in [6.07, 6.45) is 2.28. The number of carbonyl (C=O) groups is 1. The summed E-state index contributed by atoms with van der Waals surface area (Å²) in [5.41, 5.74) is 6.31. The normalized spacial score (nSPS) is 18.6. The molecule has 0 aromatic heterocycles. The summed E-state index contributed by atoms with van der Waals surface area (Å²) in [5.74, 6) is -0.834. The molecule has 116 valence electrons. The molecule has 21 heavy (non-hydrogen) atoms. The molecule has 1 fully saturated rings. The molecule has 4 nitrogen and oxygen atoms in total. The second-order valence-corrected chi connectivity index (χ2v) is 6.39. The van der Waals surface area contributed by atoms with Crippen LogP contribution in [-0.4, -0.2) is 37.5 Å². The summed E-state index contributed by atoms with van der Waals surface area (Å²) in [5, 5.41) is 3.32. The summed E-state index contributed by atoms with van der Waals surface area (Å²) >= 11 is 0. The van der Waals surface area contributed by atoms with E-state index in [4.69, 9.17) is 5.73 Å². The lowest BCUT2D eigenvalue weighted by molar-refractivity contribution is 0.1000. The van der Waals surface area contributed by atoms with Gasteiger partial charge >= 0.3 is 0 Å². The molecule has 0 spiro atoms.